The number of halogens is 3. The van der Waals surface area contributed by atoms with Crippen LogP contribution < -0.4 is 20.4 Å². The summed E-state index contributed by atoms with van der Waals surface area (Å²) in [6.45, 7) is 8.61. The number of sulfonamides is 1. The number of carbonyl (C=O) groups excluding carboxylic acids is 3. The third-order valence-corrected chi connectivity index (χ3v) is 12.3. The zero-order valence-corrected chi connectivity index (χ0v) is 33.0. The van der Waals surface area contributed by atoms with Gasteiger partial charge in [-0.25, -0.2) is 27.0 Å². The van der Waals surface area contributed by atoms with E-state index < -0.39 is 33.6 Å². The van der Waals surface area contributed by atoms with Crippen molar-refractivity contribution in [2.45, 2.75) is 75.7 Å². The summed E-state index contributed by atoms with van der Waals surface area (Å²) in [4.78, 5) is 46.6. The highest BCUT2D eigenvalue weighted by Gasteiger charge is 2.44. The predicted octanol–water partition coefficient (Wildman–Crippen LogP) is 4.84. The molecule has 298 valence electrons. The lowest BCUT2D eigenvalue weighted by Gasteiger charge is -2.36. The molecule has 0 unspecified atom stereocenters. The van der Waals surface area contributed by atoms with E-state index in [1.165, 1.54) is 28.6 Å². The fraction of sp³-hybridized carbons (Fsp3) is 0.622. The van der Waals surface area contributed by atoms with Crippen molar-refractivity contribution >= 4 is 51.0 Å². The molecule has 2 aliphatic heterocycles. The minimum absolute atomic E-state index is 0.0189. The summed E-state index contributed by atoms with van der Waals surface area (Å²) in [6.07, 6.45) is 1.77. The zero-order valence-electron chi connectivity index (χ0n) is 31.5. The quantitative estimate of drug-likeness (QED) is 0.272. The van der Waals surface area contributed by atoms with Crippen LogP contribution in [0.3, 0.4) is 0 Å². The summed E-state index contributed by atoms with van der Waals surface area (Å²) >= 11 is 6.28. The second-order valence-electron chi connectivity index (χ2n) is 15.3. The lowest BCUT2D eigenvalue weighted by atomic mass is 9.77. The molecule has 5 rings (SSSR count). The van der Waals surface area contributed by atoms with Gasteiger partial charge in [0.15, 0.2) is 0 Å². The van der Waals surface area contributed by atoms with Gasteiger partial charge in [-0.15, -0.1) is 0 Å². The van der Waals surface area contributed by atoms with E-state index in [0.29, 0.717) is 57.7 Å². The second-order valence-corrected chi connectivity index (χ2v) is 17.6. The third-order valence-electron chi connectivity index (χ3n) is 10.2. The normalized spacial score (nSPS) is 20.3. The average molecular weight is 796 g/mol. The van der Waals surface area contributed by atoms with E-state index >= 15 is 8.78 Å². The first-order valence-electron chi connectivity index (χ1n) is 18.6. The second kappa shape index (κ2) is 17.5. The number of anilines is 2. The molecule has 0 radical (unpaired) electrons. The number of hydrogen-bond acceptors (Lipinski definition) is 9. The average Bonchev–Trinajstić information content (AvgIpc) is 3.56. The molecule has 1 aliphatic carbocycles. The molecule has 2 saturated heterocycles. The predicted molar refractivity (Wildman–Crippen MR) is 202 cm³/mol. The molecule has 17 heteroatoms. The van der Waals surface area contributed by atoms with Crippen molar-refractivity contribution in [1.29, 1.82) is 0 Å². The molecule has 1 aromatic carbocycles. The van der Waals surface area contributed by atoms with Gasteiger partial charge in [0.2, 0.25) is 21.8 Å². The Morgan fingerprint density at radius 3 is 2.19 bits per heavy atom. The summed E-state index contributed by atoms with van der Waals surface area (Å²) in [6, 6.07) is 8.83. The smallest absolute Gasteiger partial charge is 0.407 e. The number of nitrogens with one attached hydrogen (secondary N) is 2. The largest absolute Gasteiger partial charge is 0.444 e. The van der Waals surface area contributed by atoms with Crippen molar-refractivity contribution < 1.29 is 36.3 Å². The standard InChI is InChI=1S/C37H52ClF2N7O6S/c1-36(2,3)53-35(50)42-16-19-44(4)18-15-41-34(49)26-7-9-27(10-8-26)37(39,40)28-24-31(38)43-32(25-28)45-20-22-46(23-21-45)54(51,52)30-13-11-29(12-14-30)47-17-5-6-33(47)48/h11-14,24-27H,5-10,15-23H2,1-4H3,(H,41,49)(H,42,50)/t26-,27-. The molecular formula is C37H52ClF2N7O6S. The van der Waals surface area contributed by atoms with Crippen LogP contribution in [0, 0.1) is 11.8 Å². The number of alkyl carbamates (subject to hydrolysis) is 1. The summed E-state index contributed by atoms with van der Waals surface area (Å²) in [7, 11) is -1.94. The maximum atomic E-state index is 16.0. The van der Waals surface area contributed by atoms with Gasteiger partial charge in [-0.1, -0.05) is 11.6 Å². The topological polar surface area (TPSA) is 144 Å². The summed E-state index contributed by atoms with van der Waals surface area (Å²) in [5, 5.41) is 5.54. The van der Waals surface area contributed by atoms with Gasteiger partial charge in [-0.3, -0.25) is 9.59 Å². The number of amides is 3. The fourth-order valence-corrected chi connectivity index (χ4v) is 8.73. The molecule has 1 aromatic heterocycles. The number of hydrogen-bond donors (Lipinski definition) is 2. The van der Waals surface area contributed by atoms with Gasteiger partial charge in [-0.2, -0.15) is 4.31 Å². The molecule has 13 nitrogen and oxygen atoms in total. The number of alkyl halides is 2. The van der Waals surface area contributed by atoms with Crippen LogP contribution >= 0.6 is 11.6 Å². The van der Waals surface area contributed by atoms with Crippen molar-refractivity contribution in [3.8, 4) is 0 Å². The molecule has 54 heavy (non-hydrogen) atoms. The van der Waals surface area contributed by atoms with Gasteiger partial charge < -0.3 is 30.1 Å². The molecule has 0 atom stereocenters. The third kappa shape index (κ3) is 10.6. The molecule has 1 saturated carbocycles. The number of rotatable bonds is 13. The first-order chi connectivity index (χ1) is 25.4. The number of nitrogens with zero attached hydrogens (tertiary/aromatic N) is 5. The van der Waals surface area contributed by atoms with Gasteiger partial charge in [0.25, 0.3) is 5.92 Å². The number of aromatic nitrogens is 1. The molecule has 3 aliphatic rings. The number of likely N-dealkylation sites (N-methyl/N-ethyl adjacent to an activating group) is 1. The van der Waals surface area contributed by atoms with Crippen LogP contribution in [0.4, 0.5) is 25.1 Å². The molecule has 3 fully saturated rings. The minimum atomic E-state index is -3.82. The molecular weight excluding hydrogens is 744 g/mol. The van der Waals surface area contributed by atoms with Crippen LogP contribution in [0.15, 0.2) is 41.3 Å². The van der Waals surface area contributed by atoms with E-state index in [0.717, 1.165) is 6.42 Å². The fourth-order valence-electron chi connectivity index (χ4n) is 7.11. The number of benzene rings is 1. The first-order valence-corrected chi connectivity index (χ1v) is 20.4. The zero-order chi connectivity index (χ0) is 39.3. The highest BCUT2D eigenvalue weighted by atomic mass is 35.5. The highest BCUT2D eigenvalue weighted by Crippen LogP contribution is 2.46. The lowest BCUT2D eigenvalue weighted by Crippen LogP contribution is -2.49. The van der Waals surface area contributed by atoms with E-state index in [2.05, 4.69) is 15.6 Å². The van der Waals surface area contributed by atoms with Gasteiger partial charge in [0.1, 0.15) is 16.6 Å². The SMILES string of the molecule is CN(CCNC(=O)OC(C)(C)C)CCNC(=O)[C@H]1CC[C@H](C(F)(F)c2cc(Cl)nc(N3CCN(S(=O)(=O)c4ccc(N5CCCC5=O)cc4)CC3)c2)CC1. The van der Waals surface area contributed by atoms with Crippen LogP contribution in [-0.2, 0) is 30.3 Å². The Morgan fingerprint density at radius 2 is 1.59 bits per heavy atom. The van der Waals surface area contributed by atoms with Crippen molar-refractivity contribution in [3.63, 3.8) is 0 Å². The maximum Gasteiger partial charge on any atom is 0.407 e. The number of carbonyl (C=O) groups is 3. The summed E-state index contributed by atoms with van der Waals surface area (Å²) in [5.41, 5.74) is -0.159. The van der Waals surface area contributed by atoms with Crippen molar-refractivity contribution in [2.75, 3.05) is 75.8 Å². The summed E-state index contributed by atoms with van der Waals surface area (Å²) < 4.78 is 65.5. The summed E-state index contributed by atoms with van der Waals surface area (Å²) in [5.74, 6) is -4.42. The molecule has 2 aromatic rings. The Morgan fingerprint density at radius 1 is 0.963 bits per heavy atom. The van der Waals surface area contributed by atoms with Crippen molar-refractivity contribution in [2.24, 2.45) is 11.8 Å². The Balaban J connectivity index is 1.08. The van der Waals surface area contributed by atoms with Crippen LogP contribution in [0.1, 0.15) is 64.9 Å². The Bertz CT molecular complexity index is 1750. The van der Waals surface area contributed by atoms with Crippen molar-refractivity contribution in [3.05, 3.63) is 47.1 Å². The Hall–Kier alpha value is -3.60. The van der Waals surface area contributed by atoms with E-state index in [1.807, 2.05) is 11.9 Å². The van der Waals surface area contributed by atoms with Crippen LogP contribution in [0.5, 0.6) is 0 Å². The molecule has 2 N–H and O–H groups in total. The molecule has 0 bridgehead atoms. The molecule has 3 amide bonds. The number of pyridine rings is 1. The van der Waals surface area contributed by atoms with Gasteiger partial charge in [0.05, 0.1) is 4.90 Å². The highest BCUT2D eigenvalue weighted by molar-refractivity contribution is 7.89. The molecule has 0 spiro atoms. The monoisotopic (exact) mass is 795 g/mol. The van der Waals surface area contributed by atoms with Crippen molar-refractivity contribution in [1.82, 2.24) is 24.8 Å². The number of piperazine rings is 1. The maximum absolute atomic E-state index is 16.0. The van der Waals surface area contributed by atoms with E-state index in [1.54, 1.807) is 42.7 Å². The van der Waals surface area contributed by atoms with E-state index in [9.17, 15) is 22.8 Å². The Kier molecular flexibility index (Phi) is 13.4. The van der Waals surface area contributed by atoms with Crippen LogP contribution in [-0.4, -0.2) is 112 Å². The van der Waals surface area contributed by atoms with E-state index in [-0.39, 0.29) is 78.2 Å². The lowest BCUT2D eigenvalue weighted by molar-refractivity contribution is -0.129. The van der Waals surface area contributed by atoms with Gasteiger partial charge >= 0.3 is 6.09 Å². The number of ether oxygens (including phenoxy) is 1. The van der Waals surface area contributed by atoms with Crippen LogP contribution in [0.2, 0.25) is 5.15 Å². The molecule has 3 heterocycles. The van der Waals surface area contributed by atoms with Gasteiger partial charge in [0, 0.05) is 88.4 Å². The van der Waals surface area contributed by atoms with Crippen LogP contribution in [0.25, 0.3) is 0 Å². The first kappa shape index (κ1) is 41.6. The Labute approximate surface area is 321 Å². The van der Waals surface area contributed by atoms with E-state index in [4.69, 9.17) is 16.3 Å². The van der Waals surface area contributed by atoms with Gasteiger partial charge in [-0.05, 0) is 96.3 Å². The minimum Gasteiger partial charge on any atom is -0.444 e.